The number of thioether (sulfide) groups is 1. The first-order valence-corrected chi connectivity index (χ1v) is 14.1. The highest BCUT2D eigenvalue weighted by Crippen LogP contribution is 2.39. The summed E-state index contributed by atoms with van der Waals surface area (Å²) >= 11 is 22.4. The molecule has 0 aliphatic carbocycles. The summed E-state index contributed by atoms with van der Waals surface area (Å²) in [6.07, 6.45) is 1.59. The quantitative estimate of drug-likeness (QED) is 0.245. The molecule has 1 aliphatic heterocycles. The first-order chi connectivity index (χ1) is 18.5. The minimum atomic E-state index is -0.431. The number of nitrogens with zero attached hydrogens (tertiary/aromatic N) is 1. The van der Waals surface area contributed by atoms with Crippen LogP contribution < -0.4 is 14.8 Å². The first-order valence-electron chi connectivity index (χ1n) is 11.3. The molecular formula is C27H20BrCl3N2O5S. The second kappa shape index (κ2) is 12.7. The average Bonchev–Trinajstić information content (AvgIpc) is 3.14. The normalized spacial score (nSPS) is 14.2. The largest absolute Gasteiger partial charge is 0.493 e. The van der Waals surface area contributed by atoms with Crippen LogP contribution in [0.15, 0.2) is 57.9 Å². The van der Waals surface area contributed by atoms with Gasteiger partial charge >= 0.3 is 0 Å². The number of hydrogen-bond acceptors (Lipinski definition) is 6. The van der Waals surface area contributed by atoms with Crippen molar-refractivity contribution in [3.8, 4) is 11.5 Å². The number of ether oxygens (including phenoxy) is 2. The summed E-state index contributed by atoms with van der Waals surface area (Å²) in [5.74, 6) is -0.181. The maximum atomic E-state index is 13.0. The Morgan fingerprint density at radius 1 is 1.05 bits per heavy atom. The van der Waals surface area contributed by atoms with E-state index in [0.29, 0.717) is 47.9 Å². The highest BCUT2D eigenvalue weighted by Gasteiger charge is 2.35. The van der Waals surface area contributed by atoms with Crippen molar-refractivity contribution in [2.45, 2.75) is 13.5 Å². The molecule has 39 heavy (non-hydrogen) atoms. The van der Waals surface area contributed by atoms with E-state index in [0.717, 1.165) is 22.2 Å². The van der Waals surface area contributed by atoms with E-state index >= 15 is 0 Å². The number of halogens is 4. The van der Waals surface area contributed by atoms with Gasteiger partial charge in [-0.3, -0.25) is 19.3 Å². The summed E-state index contributed by atoms with van der Waals surface area (Å²) in [5.41, 5.74) is 2.71. The molecule has 7 nitrogen and oxygen atoms in total. The average molecular weight is 671 g/mol. The summed E-state index contributed by atoms with van der Waals surface area (Å²) in [6, 6.07) is 13.5. The summed E-state index contributed by atoms with van der Waals surface area (Å²) in [6.45, 7) is 1.65. The zero-order valence-electron chi connectivity index (χ0n) is 20.5. The van der Waals surface area contributed by atoms with Crippen molar-refractivity contribution < 1.29 is 23.9 Å². The lowest BCUT2D eigenvalue weighted by Crippen LogP contribution is -2.27. The number of rotatable bonds is 8. The minimum absolute atomic E-state index is 0.0650. The van der Waals surface area contributed by atoms with E-state index in [1.54, 1.807) is 54.6 Å². The second-order valence-electron chi connectivity index (χ2n) is 8.35. The molecule has 0 spiro atoms. The van der Waals surface area contributed by atoms with E-state index < -0.39 is 11.1 Å². The van der Waals surface area contributed by atoms with Crippen LogP contribution >= 0.6 is 62.5 Å². The Morgan fingerprint density at radius 2 is 1.82 bits per heavy atom. The number of imide groups is 1. The standard InChI is InChI=1S/C27H20BrCl3N2O5S/c1-14-3-5-17(11-20(14)30)32-24(34)13-38-25-18(28)7-16(9-22(25)37-2)10-23-26(35)33(27(36)39-23)12-15-4-6-19(29)21(31)8-15/h3-11H,12-13H2,1-2H3,(H,32,34)/b23-10-. The maximum absolute atomic E-state index is 13.0. The predicted octanol–water partition coefficient (Wildman–Crippen LogP) is 7.98. The van der Waals surface area contributed by atoms with E-state index in [9.17, 15) is 14.4 Å². The first kappa shape index (κ1) is 29.3. The van der Waals surface area contributed by atoms with Crippen LogP contribution in [-0.4, -0.2) is 35.7 Å². The molecule has 0 bridgehead atoms. The lowest BCUT2D eigenvalue weighted by molar-refractivity contribution is -0.123. The lowest BCUT2D eigenvalue weighted by Gasteiger charge is -2.14. The molecule has 1 N–H and O–H groups in total. The number of aryl methyl sites for hydroxylation is 1. The Kier molecular flexibility index (Phi) is 9.51. The van der Waals surface area contributed by atoms with Gasteiger partial charge in [0.25, 0.3) is 17.1 Å². The molecule has 3 amide bonds. The number of methoxy groups -OCH3 is 1. The minimum Gasteiger partial charge on any atom is -0.493 e. The van der Waals surface area contributed by atoms with Gasteiger partial charge < -0.3 is 14.8 Å². The van der Waals surface area contributed by atoms with Crippen LogP contribution in [0, 0.1) is 6.92 Å². The number of nitrogens with one attached hydrogen (secondary N) is 1. The Balaban J connectivity index is 1.46. The van der Waals surface area contributed by atoms with Crippen LogP contribution in [0.5, 0.6) is 11.5 Å². The van der Waals surface area contributed by atoms with Crippen LogP contribution in [0.25, 0.3) is 6.08 Å². The molecule has 1 heterocycles. The fourth-order valence-electron chi connectivity index (χ4n) is 3.58. The summed E-state index contributed by atoms with van der Waals surface area (Å²) in [4.78, 5) is 39.4. The Labute approximate surface area is 252 Å². The summed E-state index contributed by atoms with van der Waals surface area (Å²) in [7, 11) is 1.46. The zero-order valence-corrected chi connectivity index (χ0v) is 25.2. The Hall–Kier alpha value is -2.69. The Bertz CT molecular complexity index is 1510. The van der Waals surface area contributed by atoms with Crippen molar-refractivity contribution in [3.63, 3.8) is 0 Å². The van der Waals surface area contributed by atoms with Crippen LogP contribution in [0.2, 0.25) is 15.1 Å². The molecule has 202 valence electrons. The second-order valence-corrected chi connectivity index (χ2v) is 11.4. The molecule has 0 radical (unpaired) electrons. The highest BCUT2D eigenvalue weighted by molar-refractivity contribution is 9.10. The highest BCUT2D eigenvalue weighted by atomic mass is 79.9. The third-order valence-electron chi connectivity index (χ3n) is 5.55. The van der Waals surface area contributed by atoms with E-state index in [-0.39, 0.29) is 24.0 Å². The van der Waals surface area contributed by atoms with Crippen molar-refractivity contribution >= 4 is 91.3 Å². The van der Waals surface area contributed by atoms with Crippen molar-refractivity contribution in [1.29, 1.82) is 0 Å². The molecule has 0 unspecified atom stereocenters. The topological polar surface area (TPSA) is 84.9 Å². The lowest BCUT2D eigenvalue weighted by atomic mass is 10.1. The SMILES string of the molecule is COc1cc(/C=C2\SC(=O)N(Cc3ccc(Cl)c(Cl)c3)C2=O)cc(Br)c1OCC(=O)Nc1ccc(C)c(Cl)c1. The van der Waals surface area contributed by atoms with Gasteiger partial charge in [-0.05, 0) is 93.8 Å². The van der Waals surface area contributed by atoms with Crippen LogP contribution in [0.3, 0.4) is 0 Å². The van der Waals surface area contributed by atoms with Gasteiger partial charge in [0.2, 0.25) is 0 Å². The van der Waals surface area contributed by atoms with Crippen molar-refractivity contribution in [1.82, 2.24) is 4.90 Å². The van der Waals surface area contributed by atoms with Gasteiger partial charge in [-0.15, -0.1) is 0 Å². The number of anilines is 1. The summed E-state index contributed by atoms with van der Waals surface area (Å²) < 4.78 is 11.7. The molecule has 1 saturated heterocycles. The van der Waals surface area contributed by atoms with Crippen LogP contribution in [0.1, 0.15) is 16.7 Å². The predicted molar refractivity (Wildman–Crippen MR) is 159 cm³/mol. The van der Waals surface area contributed by atoms with Crippen molar-refractivity contribution in [2.75, 3.05) is 19.0 Å². The fraction of sp³-hybridized carbons (Fsp3) is 0.148. The third kappa shape index (κ3) is 7.10. The van der Waals surface area contributed by atoms with Gasteiger partial charge in [0.05, 0.1) is 33.1 Å². The number of amides is 3. The van der Waals surface area contributed by atoms with Gasteiger partial charge in [-0.25, -0.2) is 0 Å². The smallest absolute Gasteiger partial charge is 0.293 e. The van der Waals surface area contributed by atoms with Crippen molar-refractivity contribution in [3.05, 3.63) is 89.7 Å². The molecule has 12 heteroatoms. The third-order valence-corrected chi connectivity index (χ3v) is 8.19. The molecule has 4 rings (SSSR count). The molecular weight excluding hydrogens is 651 g/mol. The molecule has 1 aliphatic rings. The van der Waals surface area contributed by atoms with E-state index in [1.807, 2.05) is 6.92 Å². The monoisotopic (exact) mass is 668 g/mol. The number of hydrogen-bond donors (Lipinski definition) is 1. The van der Waals surface area contributed by atoms with E-state index in [1.165, 1.54) is 7.11 Å². The summed E-state index contributed by atoms with van der Waals surface area (Å²) in [5, 5.41) is 3.60. The van der Waals surface area contributed by atoms with Gasteiger partial charge in [-0.1, -0.05) is 46.9 Å². The molecule has 3 aromatic carbocycles. The van der Waals surface area contributed by atoms with Gasteiger partial charge in [0.15, 0.2) is 18.1 Å². The Morgan fingerprint density at radius 3 is 2.51 bits per heavy atom. The zero-order chi connectivity index (χ0) is 28.3. The van der Waals surface area contributed by atoms with Gasteiger partial charge in [0, 0.05) is 10.7 Å². The molecule has 1 fully saturated rings. The van der Waals surface area contributed by atoms with Crippen molar-refractivity contribution in [2.24, 2.45) is 0 Å². The number of benzene rings is 3. The molecule has 0 atom stereocenters. The van der Waals surface area contributed by atoms with Crippen LogP contribution in [-0.2, 0) is 16.1 Å². The van der Waals surface area contributed by atoms with Gasteiger partial charge in [-0.2, -0.15) is 0 Å². The van der Waals surface area contributed by atoms with Crippen LogP contribution in [0.4, 0.5) is 10.5 Å². The van der Waals surface area contributed by atoms with E-state index in [2.05, 4.69) is 21.2 Å². The molecule has 0 saturated carbocycles. The molecule has 0 aromatic heterocycles. The number of carbonyl (C=O) groups excluding carboxylic acids is 3. The van der Waals surface area contributed by atoms with Gasteiger partial charge in [0.1, 0.15) is 0 Å². The number of carbonyl (C=O) groups is 3. The maximum Gasteiger partial charge on any atom is 0.293 e. The van der Waals surface area contributed by atoms with E-state index in [4.69, 9.17) is 44.3 Å². The molecule has 3 aromatic rings. The fourth-order valence-corrected chi connectivity index (χ4v) is 5.49.